The number of imidazole rings is 1. The average molecular weight is 459 g/mol. The summed E-state index contributed by atoms with van der Waals surface area (Å²) in [6, 6.07) is 16.0. The van der Waals surface area contributed by atoms with Gasteiger partial charge in [-0.15, -0.1) is 0 Å². The van der Waals surface area contributed by atoms with Crippen LogP contribution in [0.25, 0.3) is 22.5 Å². The van der Waals surface area contributed by atoms with Gasteiger partial charge in [-0.2, -0.15) is 5.21 Å². The summed E-state index contributed by atoms with van der Waals surface area (Å²) >= 11 is 6.18. The first kappa shape index (κ1) is 24.0. The molecule has 0 aliphatic rings. The molecular formula is C22H20ClKN6O. The summed E-state index contributed by atoms with van der Waals surface area (Å²) in [5.74, 6) is 1.34. The molecule has 0 fully saturated rings. The number of tetrazole rings is 1. The quantitative estimate of drug-likeness (QED) is 0.291. The van der Waals surface area contributed by atoms with Crippen LogP contribution in [0.3, 0.4) is 0 Å². The van der Waals surface area contributed by atoms with Crippen LogP contribution < -0.4 is 56.5 Å². The van der Waals surface area contributed by atoms with Crippen molar-refractivity contribution >= 4 is 17.9 Å². The van der Waals surface area contributed by atoms with Crippen LogP contribution in [0.15, 0.2) is 48.5 Å². The van der Waals surface area contributed by atoms with Crippen LogP contribution in [-0.4, -0.2) is 31.4 Å². The van der Waals surface area contributed by atoms with E-state index >= 15 is 0 Å². The number of aldehydes is 1. The average Bonchev–Trinajstić information content (AvgIpc) is 3.41. The molecular weight excluding hydrogens is 439 g/mol. The monoisotopic (exact) mass is 458 g/mol. The predicted molar refractivity (Wildman–Crippen MR) is 114 cm³/mol. The molecule has 0 spiro atoms. The van der Waals surface area contributed by atoms with Crippen LogP contribution in [0.2, 0.25) is 5.15 Å². The van der Waals surface area contributed by atoms with Crippen molar-refractivity contribution in [2.75, 3.05) is 0 Å². The first-order valence-electron chi connectivity index (χ1n) is 9.78. The van der Waals surface area contributed by atoms with Gasteiger partial charge in [0.2, 0.25) is 0 Å². The minimum Gasteiger partial charge on any atom is -0.330 e. The standard InChI is InChI=1S/C22H20ClN6O.K/c1-2-3-8-20-24-21(23)19(14-30)29(20)13-15-9-11-16(12-10-15)17-6-4-5-7-18(17)22-25-27-28-26-22;/h4-7,9-12,14H,2-3,8,13H2,1H3;/q-1;+1. The third kappa shape index (κ3) is 5.39. The van der Waals surface area contributed by atoms with Crippen molar-refractivity contribution in [2.45, 2.75) is 32.7 Å². The maximum absolute atomic E-state index is 11.5. The second-order valence-electron chi connectivity index (χ2n) is 6.96. The largest absolute Gasteiger partial charge is 1.00 e. The number of unbranched alkanes of at least 4 members (excludes halogenated alkanes) is 1. The molecule has 0 saturated heterocycles. The Morgan fingerprint density at radius 2 is 1.84 bits per heavy atom. The molecule has 0 N–H and O–H groups in total. The van der Waals surface area contributed by atoms with Crippen molar-refractivity contribution in [2.24, 2.45) is 0 Å². The number of hydrogen-bond acceptors (Lipinski definition) is 5. The van der Waals surface area contributed by atoms with Gasteiger partial charge < -0.3 is 9.67 Å². The second-order valence-corrected chi connectivity index (χ2v) is 7.31. The fourth-order valence-corrected chi connectivity index (χ4v) is 3.69. The minimum atomic E-state index is 0. The smallest absolute Gasteiger partial charge is 0.330 e. The number of carbonyl (C=O) groups is 1. The zero-order chi connectivity index (χ0) is 20.9. The topological polar surface area (TPSA) is 87.7 Å². The molecule has 4 rings (SSSR count). The molecule has 2 aromatic carbocycles. The van der Waals surface area contributed by atoms with E-state index in [0.29, 0.717) is 18.1 Å². The molecule has 31 heavy (non-hydrogen) atoms. The number of benzene rings is 2. The SMILES string of the molecule is CCCCc1nc(Cl)c(C=O)n1Cc1ccc(-c2ccccc2-c2nnn[n-]2)cc1.[K+]. The summed E-state index contributed by atoms with van der Waals surface area (Å²) in [7, 11) is 0. The van der Waals surface area contributed by atoms with E-state index in [1.165, 1.54) is 0 Å². The molecule has 0 atom stereocenters. The van der Waals surface area contributed by atoms with Crippen molar-refractivity contribution in [1.82, 2.24) is 30.2 Å². The van der Waals surface area contributed by atoms with Gasteiger partial charge in [0.1, 0.15) is 11.5 Å². The molecule has 152 valence electrons. The Kier molecular flexibility index (Phi) is 8.71. The summed E-state index contributed by atoms with van der Waals surface area (Å²) in [5.41, 5.74) is 4.39. The summed E-state index contributed by atoms with van der Waals surface area (Å²) in [6.45, 7) is 2.66. The van der Waals surface area contributed by atoms with Gasteiger partial charge in [0.05, 0.1) is 0 Å². The molecule has 4 aromatic rings. The number of carbonyl (C=O) groups excluding carboxylic acids is 1. The van der Waals surface area contributed by atoms with Crippen LogP contribution in [0, 0.1) is 0 Å². The Morgan fingerprint density at radius 3 is 2.48 bits per heavy atom. The van der Waals surface area contributed by atoms with Gasteiger partial charge in [-0.25, -0.2) is 4.98 Å². The van der Waals surface area contributed by atoms with Crippen LogP contribution >= 0.6 is 11.6 Å². The van der Waals surface area contributed by atoms with Crippen LogP contribution in [0.5, 0.6) is 0 Å². The Morgan fingerprint density at radius 1 is 1.10 bits per heavy atom. The molecule has 0 radical (unpaired) electrons. The van der Waals surface area contributed by atoms with Gasteiger partial charge in [0.15, 0.2) is 11.4 Å². The maximum atomic E-state index is 11.5. The third-order valence-electron chi connectivity index (χ3n) is 5.00. The summed E-state index contributed by atoms with van der Waals surface area (Å²) in [5, 5.41) is 15.4. The number of hydrogen-bond donors (Lipinski definition) is 0. The van der Waals surface area contributed by atoms with Crippen LogP contribution in [-0.2, 0) is 13.0 Å². The molecule has 0 aliphatic heterocycles. The Labute approximate surface area is 228 Å². The van der Waals surface area contributed by atoms with E-state index in [0.717, 1.165) is 53.6 Å². The molecule has 0 amide bonds. The number of aryl methyl sites for hydroxylation is 1. The zero-order valence-electron chi connectivity index (χ0n) is 17.5. The van der Waals surface area contributed by atoms with Crippen LogP contribution in [0.1, 0.15) is 41.6 Å². The van der Waals surface area contributed by atoms with Gasteiger partial charge >= 0.3 is 51.4 Å². The van der Waals surface area contributed by atoms with Crippen molar-refractivity contribution in [3.05, 3.63) is 70.8 Å². The van der Waals surface area contributed by atoms with E-state index in [1.54, 1.807) is 0 Å². The number of rotatable bonds is 8. The molecule has 2 aromatic heterocycles. The van der Waals surface area contributed by atoms with Gasteiger partial charge in [0.25, 0.3) is 0 Å². The summed E-state index contributed by atoms with van der Waals surface area (Å²) in [6.07, 6.45) is 3.61. The van der Waals surface area contributed by atoms with Crippen LogP contribution in [0.4, 0.5) is 0 Å². The predicted octanol–water partition coefficient (Wildman–Crippen LogP) is 1.22. The Bertz CT molecular complexity index is 1140. The second kappa shape index (κ2) is 11.3. The van der Waals surface area contributed by atoms with E-state index < -0.39 is 0 Å². The number of aromatic nitrogens is 6. The summed E-state index contributed by atoms with van der Waals surface area (Å²) < 4.78 is 1.91. The normalized spacial score (nSPS) is 10.6. The molecule has 2 heterocycles. The minimum absolute atomic E-state index is 0. The summed E-state index contributed by atoms with van der Waals surface area (Å²) in [4.78, 5) is 15.9. The first-order valence-corrected chi connectivity index (χ1v) is 10.2. The van der Waals surface area contributed by atoms with Crippen molar-refractivity contribution in [3.8, 4) is 22.5 Å². The van der Waals surface area contributed by atoms with Crippen molar-refractivity contribution in [1.29, 1.82) is 0 Å². The molecule has 0 aliphatic carbocycles. The van der Waals surface area contributed by atoms with E-state index in [4.69, 9.17) is 11.6 Å². The van der Waals surface area contributed by atoms with E-state index in [2.05, 4.69) is 32.5 Å². The molecule has 9 heteroatoms. The van der Waals surface area contributed by atoms with Gasteiger partial charge in [-0.05, 0) is 28.7 Å². The van der Waals surface area contributed by atoms with Gasteiger partial charge in [-0.1, -0.05) is 73.5 Å². The third-order valence-corrected chi connectivity index (χ3v) is 5.28. The zero-order valence-corrected chi connectivity index (χ0v) is 21.4. The molecule has 7 nitrogen and oxygen atoms in total. The first-order chi connectivity index (χ1) is 14.7. The molecule has 0 bridgehead atoms. The number of halogens is 1. The van der Waals surface area contributed by atoms with E-state index in [-0.39, 0.29) is 56.5 Å². The van der Waals surface area contributed by atoms with E-state index in [1.807, 2.05) is 53.1 Å². The van der Waals surface area contributed by atoms with Crippen molar-refractivity contribution in [3.63, 3.8) is 0 Å². The van der Waals surface area contributed by atoms with E-state index in [9.17, 15) is 4.79 Å². The molecule has 0 saturated carbocycles. The van der Waals surface area contributed by atoms with Gasteiger partial charge in [0, 0.05) is 18.8 Å². The maximum Gasteiger partial charge on any atom is 1.00 e. The Hall–Kier alpha value is -1.68. The van der Waals surface area contributed by atoms with Gasteiger partial charge in [-0.3, -0.25) is 15.1 Å². The fourth-order valence-electron chi connectivity index (χ4n) is 3.45. The number of nitrogens with zero attached hydrogens (tertiary/aromatic N) is 6. The molecule has 0 unspecified atom stereocenters. The Balaban J connectivity index is 0.00000272. The van der Waals surface area contributed by atoms with Crippen molar-refractivity contribution < 1.29 is 56.2 Å². The fraction of sp³-hybridized carbons (Fsp3) is 0.227.